The van der Waals surface area contributed by atoms with E-state index in [1.807, 2.05) is 13.8 Å². The SMILES string of the molecule is Cc1ccc([C@@]2(C)NC(=O)N(C[C@@H](O)CC(F)(F)F)C2=O)cc1C. The van der Waals surface area contributed by atoms with Crippen LogP contribution < -0.4 is 5.32 Å². The minimum Gasteiger partial charge on any atom is -0.391 e. The van der Waals surface area contributed by atoms with Crippen LogP contribution >= 0.6 is 0 Å². The minimum absolute atomic E-state index is 0.539. The highest BCUT2D eigenvalue weighted by Gasteiger charge is 2.49. The molecule has 24 heavy (non-hydrogen) atoms. The number of β-amino-alcohol motifs (C(OH)–C–C–N with tert-alkyl or cyclic N) is 1. The lowest BCUT2D eigenvalue weighted by Crippen LogP contribution is -2.42. The molecule has 0 spiro atoms. The second-order valence-corrected chi connectivity index (χ2v) is 6.24. The number of benzene rings is 1. The maximum absolute atomic E-state index is 12.6. The van der Waals surface area contributed by atoms with Crippen molar-refractivity contribution in [3.8, 4) is 0 Å². The Balaban J connectivity index is 2.22. The van der Waals surface area contributed by atoms with Crippen molar-refractivity contribution in [2.45, 2.75) is 45.0 Å². The molecule has 132 valence electrons. The molecule has 2 N–H and O–H groups in total. The standard InChI is InChI=1S/C16H19F3N2O3/c1-9-4-5-11(6-10(9)2)15(3)13(23)21(14(24)20-15)8-12(22)7-16(17,18)19/h4-6,12,22H,7-8H2,1-3H3,(H,20,24)/t12-,15+/m0/s1. The average molecular weight is 344 g/mol. The van der Waals surface area contributed by atoms with Crippen LogP contribution in [0.4, 0.5) is 18.0 Å². The van der Waals surface area contributed by atoms with Gasteiger partial charge in [0.25, 0.3) is 5.91 Å². The molecule has 0 radical (unpaired) electrons. The Morgan fingerprint density at radius 1 is 1.25 bits per heavy atom. The van der Waals surface area contributed by atoms with Crippen LogP contribution in [0.5, 0.6) is 0 Å². The summed E-state index contributed by atoms with van der Waals surface area (Å²) in [6.45, 7) is 4.54. The molecule has 1 heterocycles. The number of alkyl halides is 3. The summed E-state index contributed by atoms with van der Waals surface area (Å²) in [5, 5.41) is 12.0. The number of carbonyl (C=O) groups excluding carboxylic acids is 2. The maximum Gasteiger partial charge on any atom is 0.391 e. The van der Waals surface area contributed by atoms with E-state index in [4.69, 9.17) is 0 Å². The number of nitrogens with one attached hydrogen (secondary N) is 1. The van der Waals surface area contributed by atoms with Gasteiger partial charge in [-0.2, -0.15) is 13.2 Å². The summed E-state index contributed by atoms with van der Waals surface area (Å²) in [4.78, 5) is 25.2. The first kappa shape index (κ1) is 18.3. The zero-order valence-electron chi connectivity index (χ0n) is 13.6. The van der Waals surface area contributed by atoms with E-state index in [1.165, 1.54) is 6.92 Å². The zero-order valence-corrected chi connectivity index (χ0v) is 13.6. The molecule has 1 fully saturated rings. The molecule has 2 rings (SSSR count). The number of aliphatic hydroxyl groups excluding tert-OH is 1. The van der Waals surface area contributed by atoms with Crippen LogP contribution in [-0.2, 0) is 10.3 Å². The smallest absolute Gasteiger partial charge is 0.391 e. The van der Waals surface area contributed by atoms with Gasteiger partial charge >= 0.3 is 12.2 Å². The molecule has 0 aromatic heterocycles. The largest absolute Gasteiger partial charge is 0.391 e. The number of imide groups is 1. The first-order valence-electron chi connectivity index (χ1n) is 7.40. The third-order valence-electron chi connectivity index (χ3n) is 4.22. The number of hydrogen-bond acceptors (Lipinski definition) is 3. The number of aryl methyl sites for hydroxylation is 2. The molecule has 1 aliphatic rings. The molecule has 1 saturated heterocycles. The van der Waals surface area contributed by atoms with E-state index in [0.717, 1.165) is 11.1 Å². The van der Waals surface area contributed by atoms with Gasteiger partial charge in [-0.05, 0) is 37.5 Å². The van der Waals surface area contributed by atoms with Crippen LogP contribution in [0.3, 0.4) is 0 Å². The predicted molar refractivity (Wildman–Crippen MR) is 80.2 cm³/mol. The fourth-order valence-corrected chi connectivity index (χ4v) is 2.65. The van der Waals surface area contributed by atoms with Gasteiger partial charge in [-0.3, -0.25) is 9.69 Å². The predicted octanol–water partition coefficient (Wildman–Crippen LogP) is 2.38. The Morgan fingerprint density at radius 3 is 2.42 bits per heavy atom. The molecule has 1 aromatic carbocycles. The third-order valence-corrected chi connectivity index (χ3v) is 4.22. The topological polar surface area (TPSA) is 69.6 Å². The van der Waals surface area contributed by atoms with Crippen molar-refractivity contribution in [2.75, 3.05) is 6.54 Å². The second kappa shape index (κ2) is 6.08. The molecule has 0 bridgehead atoms. The van der Waals surface area contributed by atoms with E-state index >= 15 is 0 Å². The lowest BCUT2D eigenvalue weighted by Gasteiger charge is -2.24. The van der Waals surface area contributed by atoms with E-state index in [-0.39, 0.29) is 0 Å². The van der Waals surface area contributed by atoms with E-state index in [1.54, 1.807) is 18.2 Å². The van der Waals surface area contributed by atoms with Crippen LogP contribution in [-0.4, -0.2) is 40.8 Å². The van der Waals surface area contributed by atoms with Crippen LogP contribution in [0.25, 0.3) is 0 Å². The Hall–Kier alpha value is -2.09. The van der Waals surface area contributed by atoms with Gasteiger partial charge in [0, 0.05) is 0 Å². The van der Waals surface area contributed by atoms with Gasteiger partial charge in [0.05, 0.1) is 19.1 Å². The summed E-state index contributed by atoms with van der Waals surface area (Å²) in [6, 6.07) is 4.43. The normalized spacial score (nSPS) is 22.7. The Kier molecular flexibility index (Phi) is 4.63. The van der Waals surface area contributed by atoms with E-state index < -0.39 is 42.7 Å². The fourth-order valence-electron chi connectivity index (χ4n) is 2.65. The second-order valence-electron chi connectivity index (χ2n) is 6.24. The van der Waals surface area contributed by atoms with Crippen LogP contribution in [0.2, 0.25) is 0 Å². The number of carbonyl (C=O) groups is 2. The lowest BCUT2D eigenvalue weighted by atomic mass is 9.89. The van der Waals surface area contributed by atoms with Crippen molar-refractivity contribution in [3.05, 3.63) is 34.9 Å². The first-order chi connectivity index (χ1) is 10.9. The molecule has 1 aliphatic heterocycles. The van der Waals surface area contributed by atoms with Gasteiger partial charge in [-0.25, -0.2) is 4.79 Å². The molecule has 2 atom stereocenters. The molecule has 5 nitrogen and oxygen atoms in total. The van der Waals surface area contributed by atoms with Gasteiger partial charge < -0.3 is 10.4 Å². The molecule has 0 aliphatic carbocycles. The van der Waals surface area contributed by atoms with Crippen molar-refractivity contribution >= 4 is 11.9 Å². The lowest BCUT2D eigenvalue weighted by molar-refractivity contribution is -0.156. The number of amides is 3. The van der Waals surface area contributed by atoms with E-state index in [2.05, 4.69) is 5.32 Å². The average Bonchev–Trinajstić information content (AvgIpc) is 2.64. The summed E-state index contributed by atoms with van der Waals surface area (Å²) in [5.74, 6) is -0.683. The van der Waals surface area contributed by atoms with Gasteiger partial charge in [0.1, 0.15) is 5.54 Å². The first-order valence-corrected chi connectivity index (χ1v) is 7.40. The van der Waals surface area contributed by atoms with Gasteiger partial charge in [-0.15, -0.1) is 0 Å². The van der Waals surface area contributed by atoms with Crippen molar-refractivity contribution in [1.82, 2.24) is 10.2 Å². The van der Waals surface area contributed by atoms with Gasteiger partial charge in [0.2, 0.25) is 0 Å². The van der Waals surface area contributed by atoms with Gasteiger partial charge in [-0.1, -0.05) is 18.2 Å². The maximum atomic E-state index is 12.6. The monoisotopic (exact) mass is 344 g/mol. The van der Waals surface area contributed by atoms with Crippen molar-refractivity contribution in [3.63, 3.8) is 0 Å². The van der Waals surface area contributed by atoms with Crippen LogP contribution in [0.1, 0.15) is 30.0 Å². The van der Waals surface area contributed by atoms with Crippen molar-refractivity contribution in [1.29, 1.82) is 0 Å². The third kappa shape index (κ3) is 3.53. The van der Waals surface area contributed by atoms with Crippen molar-refractivity contribution < 1.29 is 27.9 Å². The quantitative estimate of drug-likeness (QED) is 0.824. The van der Waals surface area contributed by atoms with Crippen molar-refractivity contribution in [2.24, 2.45) is 0 Å². The number of aliphatic hydroxyl groups is 1. The molecule has 0 unspecified atom stereocenters. The number of urea groups is 1. The fraction of sp³-hybridized carbons (Fsp3) is 0.500. The van der Waals surface area contributed by atoms with Gasteiger partial charge in [0.15, 0.2) is 0 Å². The molecular formula is C16H19F3N2O3. The number of halogens is 3. The van der Waals surface area contributed by atoms with E-state index in [0.29, 0.717) is 10.5 Å². The summed E-state index contributed by atoms with van der Waals surface area (Å²) in [5.41, 5.74) is 1.10. The summed E-state index contributed by atoms with van der Waals surface area (Å²) in [6.07, 6.45) is -7.91. The molecule has 3 amide bonds. The number of nitrogens with zero attached hydrogens (tertiary/aromatic N) is 1. The highest BCUT2D eigenvalue weighted by atomic mass is 19.4. The molecule has 0 saturated carbocycles. The van der Waals surface area contributed by atoms with E-state index in [9.17, 15) is 27.9 Å². The molecule has 1 aromatic rings. The minimum atomic E-state index is -4.57. The molecule has 8 heteroatoms. The number of rotatable bonds is 4. The molecular weight excluding hydrogens is 325 g/mol. The Labute approximate surface area is 137 Å². The summed E-state index contributed by atoms with van der Waals surface area (Å²) >= 11 is 0. The summed E-state index contributed by atoms with van der Waals surface area (Å²) < 4.78 is 36.9. The van der Waals surface area contributed by atoms with Crippen LogP contribution in [0.15, 0.2) is 18.2 Å². The highest BCUT2D eigenvalue weighted by Crippen LogP contribution is 2.31. The Bertz CT molecular complexity index is 675. The zero-order chi connectivity index (χ0) is 18.3. The Morgan fingerprint density at radius 2 is 1.88 bits per heavy atom. The number of hydrogen-bond donors (Lipinski definition) is 2. The summed E-state index contributed by atoms with van der Waals surface area (Å²) in [7, 11) is 0. The van der Waals surface area contributed by atoms with Crippen LogP contribution in [0, 0.1) is 13.8 Å². The highest BCUT2D eigenvalue weighted by molar-refractivity contribution is 6.07.